The number of rotatable bonds is 9. The van der Waals surface area contributed by atoms with Gasteiger partial charge >= 0.3 is 0 Å². The minimum absolute atomic E-state index is 0.353. The second kappa shape index (κ2) is 9.33. The van der Waals surface area contributed by atoms with Crippen LogP contribution in [-0.4, -0.2) is 31.0 Å². The fourth-order valence-corrected chi connectivity index (χ4v) is 3.73. The predicted octanol–water partition coefficient (Wildman–Crippen LogP) is 5.12. The summed E-state index contributed by atoms with van der Waals surface area (Å²) in [6, 6.07) is 14.3. The molecule has 0 saturated carbocycles. The highest BCUT2D eigenvalue weighted by Crippen LogP contribution is 2.35. The first-order valence-electron chi connectivity index (χ1n) is 10.3. The molecule has 2 aromatic carbocycles. The second-order valence-corrected chi connectivity index (χ2v) is 7.64. The number of fused-ring (bicyclic) bond motifs is 1. The van der Waals surface area contributed by atoms with Crippen LogP contribution in [0, 0.1) is 0 Å². The van der Waals surface area contributed by atoms with Gasteiger partial charge in [-0.05, 0) is 61.4 Å². The van der Waals surface area contributed by atoms with Crippen molar-refractivity contribution in [3.05, 3.63) is 53.6 Å². The maximum Gasteiger partial charge on any atom is 0.126 e. The van der Waals surface area contributed by atoms with E-state index in [1.807, 2.05) is 38.1 Å². The third kappa shape index (κ3) is 4.99. The molecule has 4 nitrogen and oxygen atoms in total. The number of ether oxygens (including phenoxy) is 3. The highest BCUT2D eigenvalue weighted by atomic mass is 16.5. The summed E-state index contributed by atoms with van der Waals surface area (Å²) >= 11 is 0. The Balaban J connectivity index is 1.54. The molecule has 0 radical (unpaired) electrons. The third-order valence-electron chi connectivity index (χ3n) is 5.90. The SMILES string of the molecule is CCC(O)(CC)CCCOc1ccc2c(c1)OCC(c1ccc(OC)cc1)C2. The largest absolute Gasteiger partial charge is 0.497 e. The van der Waals surface area contributed by atoms with Gasteiger partial charge in [0, 0.05) is 12.0 Å². The van der Waals surface area contributed by atoms with Crippen molar-refractivity contribution < 1.29 is 19.3 Å². The summed E-state index contributed by atoms with van der Waals surface area (Å²) in [6.45, 7) is 5.34. The lowest BCUT2D eigenvalue weighted by Gasteiger charge is -2.26. The zero-order valence-corrected chi connectivity index (χ0v) is 17.2. The summed E-state index contributed by atoms with van der Waals surface area (Å²) in [5.74, 6) is 2.98. The molecule has 0 saturated heterocycles. The maximum atomic E-state index is 10.3. The molecule has 0 spiro atoms. The van der Waals surface area contributed by atoms with Crippen molar-refractivity contribution in [2.75, 3.05) is 20.3 Å². The summed E-state index contributed by atoms with van der Waals surface area (Å²) in [5, 5.41) is 10.3. The van der Waals surface area contributed by atoms with E-state index in [0.717, 1.165) is 49.4 Å². The van der Waals surface area contributed by atoms with E-state index >= 15 is 0 Å². The van der Waals surface area contributed by atoms with Crippen molar-refractivity contribution in [1.82, 2.24) is 0 Å². The lowest BCUT2D eigenvalue weighted by atomic mass is 9.90. The molecule has 3 rings (SSSR count). The molecule has 152 valence electrons. The van der Waals surface area contributed by atoms with Gasteiger partial charge < -0.3 is 19.3 Å². The van der Waals surface area contributed by atoms with Crippen LogP contribution in [0.5, 0.6) is 17.2 Å². The normalized spacial score (nSPS) is 16.2. The highest BCUT2D eigenvalue weighted by Gasteiger charge is 2.23. The molecule has 1 atom stereocenters. The standard InChI is InChI=1S/C24H32O4/c1-4-24(25,5-2)13-6-14-27-22-12-9-19-15-20(17-28-23(19)16-22)18-7-10-21(26-3)11-8-18/h7-12,16,20,25H,4-6,13-15,17H2,1-3H3. The van der Waals surface area contributed by atoms with Crippen LogP contribution >= 0.6 is 0 Å². The molecular formula is C24H32O4. The Bertz CT molecular complexity index is 750. The van der Waals surface area contributed by atoms with Gasteiger partial charge in [0.1, 0.15) is 17.2 Å². The molecule has 1 aliphatic heterocycles. The molecule has 0 aliphatic carbocycles. The fourth-order valence-electron chi connectivity index (χ4n) is 3.73. The third-order valence-corrected chi connectivity index (χ3v) is 5.90. The van der Waals surface area contributed by atoms with Crippen molar-refractivity contribution in [2.45, 2.75) is 57.5 Å². The highest BCUT2D eigenvalue weighted by molar-refractivity contribution is 5.44. The molecular weight excluding hydrogens is 352 g/mol. The van der Waals surface area contributed by atoms with Gasteiger partial charge in [-0.1, -0.05) is 32.0 Å². The van der Waals surface area contributed by atoms with Gasteiger partial charge in [0.25, 0.3) is 0 Å². The average molecular weight is 385 g/mol. The van der Waals surface area contributed by atoms with E-state index in [2.05, 4.69) is 18.2 Å². The quantitative estimate of drug-likeness (QED) is 0.609. The van der Waals surface area contributed by atoms with E-state index in [1.165, 1.54) is 11.1 Å². The lowest BCUT2D eigenvalue weighted by molar-refractivity contribution is 0.0185. The van der Waals surface area contributed by atoms with Crippen molar-refractivity contribution >= 4 is 0 Å². The smallest absolute Gasteiger partial charge is 0.126 e. The Kier molecular flexibility index (Phi) is 6.84. The zero-order chi connectivity index (χ0) is 20.0. The van der Waals surface area contributed by atoms with E-state index in [-0.39, 0.29) is 0 Å². The van der Waals surface area contributed by atoms with Crippen LogP contribution in [0.1, 0.15) is 56.6 Å². The number of hydrogen-bond donors (Lipinski definition) is 1. The second-order valence-electron chi connectivity index (χ2n) is 7.64. The van der Waals surface area contributed by atoms with Crippen LogP contribution < -0.4 is 14.2 Å². The molecule has 0 amide bonds. The van der Waals surface area contributed by atoms with E-state index in [1.54, 1.807) is 7.11 Å². The Labute approximate surface area is 168 Å². The molecule has 1 unspecified atom stereocenters. The van der Waals surface area contributed by atoms with Crippen LogP contribution in [0.4, 0.5) is 0 Å². The summed E-state index contributed by atoms with van der Waals surface area (Å²) < 4.78 is 17.2. The van der Waals surface area contributed by atoms with E-state index in [4.69, 9.17) is 14.2 Å². The van der Waals surface area contributed by atoms with E-state index in [0.29, 0.717) is 19.1 Å². The van der Waals surface area contributed by atoms with Crippen LogP contribution in [0.25, 0.3) is 0 Å². The molecule has 1 aliphatic rings. The molecule has 4 heteroatoms. The van der Waals surface area contributed by atoms with Crippen molar-refractivity contribution in [3.63, 3.8) is 0 Å². The van der Waals surface area contributed by atoms with Crippen molar-refractivity contribution in [1.29, 1.82) is 0 Å². The first-order chi connectivity index (χ1) is 13.6. The summed E-state index contributed by atoms with van der Waals surface area (Å²) in [6.07, 6.45) is 4.14. The van der Waals surface area contributed by atoms with Gasteiger partial charge in [0.2, 0.25) is 0 Å². The van der Waals surface area contributed by atoms with Gasteiger partial charge in [-0.15, -0.1) is 0 Å². The van der Waals surface area contributed by atoms with Gasteiger partial charge in [-0.25, -0.2) is 0 Å². The summed E-state index contributed by atoms with van der Waals surface area (Å²) in [7, 11) is 1.68. The first-order valence-corrected chi connectivity index (χ1v) is 10.3. The Morgan fingerprint density at radius 1 is 1.07 bits per heavy atom. The Morgan fingerprint density at radius 2 is 1.79 bits per heavy atom. The molecule has 2 aromatic rings. The zero-order valence-electron chi connectivity index (χ0n) is 17.2. The Hall–Kier alpha value is -2.20. The van der Waals surface area contributed by atoms with E-state index in [9.17, 15) is 5.11 Å². The van der Waals surface area contributed by atoms with Crippen LogP contribution in [-0.2, 0) is 6.42 Å². The van der Waals surface area contributed by atoms with E-state index < -0.39 is 5.60 Å². The minimum Gasteiger partial charge on any atom is -0.497 e. The Morgan fingerprint density at radius 3 is 2.46 bits per heavy atom. The predicted molar refractivity (Wildman–Crippen MR) is 112 cm³/mol. The molecule has 0 aromatic heterocycles. The number of aliphatic hydroxyl groups is 1. The minimum atomic E-state index is -0.557. The molecule has 0 bridgehead atoms. The molecule has 28 heavy (non-hydrogen) atoms. The van der Waals surface area contributed by atoms with Gasteiger partial charge in [-0.2, -0.15) is 0 Å². The van der Waals surface area contributed by atoms with Crippen LogP contribution in [0.2, 0.25) is 0 Å². The molecule has 1 heterocycles. The number of hydrogen-bond acceptors (Lipinski definition) is 4. The summed E-state index contributed by atoms with van der Waals surface area (Å²) in [5.41, 5.74) is 1.93. The van der Waals surface area contributed by atoms with Gasteiger partial charge in [0.15, 0.2) is 0 Å². The molecule has 0 fully saturated rings. The monoisotopic (exact) mass is 384 g/mol. The number of methoxy groups -OCH3 is 1. The van der Waals surface area contributed by atoms with Crippen molar-refractivity contribution in [3.8, 4) is 17.2 Å². The maximum absolute atomic E-state index is 10.3. The molecule has 1 N–H and O–H groups in total. The van der Waals surface area contributed by atoms with Gasteiger partial charge in [-0.3, -0.25) is 0 Å². The first kappa shape index (κ1) is 20.5. The number of benzene rings is 2. The fraction of sp³-hybridized carbons (Fsp3) is 0.500. The average Bonchev–Trinajstić information content (AvgIpc) is 2.76. The lowest BCUT2D eigenvalue weighted by Crippen LogP contribution is -2.27. The van der Waals surface area contributed by atoms with Crippen LogP contribution in [0.15, 0.2) is 42.5 Å². The summed E-state index contributed by atoms with van der Waals surface area (Å²) in [4.78, 5) is 0. The topological polar surface area (TPSA) is 47.9 Å². The van der Waals surface area contributed by atoms with Crippen LogP contribution in [0.3, 0.4) is 0 Å². The van der Waals surface area contributed by atoms with Gasteiger partial charge in [0.05, 0.1) is 25.9 Å². The van der Waals surface area contributed by atoms with Crippen molar-refractivity contribution in [2.24, 2.45) is 0 Å².